The summed E-state index contributed by atoms with van der Waals surface area (Å²) in [6.45, 7) is 2.82. The van der Waals surface area contributed by atoms with Crippen molar-refractivity contribution >= 4 is 22.4 Å². The SMILES string of the molecule is COCC1CCN(c2snc(N)c2OC)C1. The zero-order valence-electron chi connectivity index (χ0n) is 9.60. The third-order valence-electron chi connectivity index (χ3n) is 2.84. The van der Waals surface area contributed by atoms with Gasteiger partial charge in [0.2, 0.25) is 0 Å². The molecule has 1 aliphatic heterocycles. The molecule has 16 heavy (non-hydrogen) atoms. The van der Waals surface area contributed by atoms with Gasteiger partial charge in [-0.1, -0.05) is 0 Å². The first-order valence-electron chi connectivity index (χ1n) is 5.29. The Balaban J connectivity index is 2.08. The molecule has 0 aliphatic carbocycles. The number of nitrogens with two attached hydrogens (primary N) is 1. The van der Waals surface area contributed by atoms with E-state index in [-0.39, 0.29) is 0 Å². The topological polar surface area (TPSA) is 60.6 Å². The molecule has 1 atom stereocenters. The molecular formula is C10H17N3O2S. The minimum absolute atomic E-state index is 0.484. The highest BCUT2D eigenvalue weighted by Crippen LogP contribution is 2.40. The fraction of sp³-hybridized carbons (Fsp3) is 0.700. The highest BCUT2D eigenvalue weighted by Gasteiger charge is 2.27. The number of rotatable bonds is 4. The van der Waals surface area contributed by atoms with Gasteiger partial charge in [-0.3, -0.25) is 0 Å². The molecule has 0 radical (unpaired) electrons. The number of anilines is 2. The first-order valence-corrected chi connectivity index (χ1v) is 6.06. The maximum atomic E-state index is 5.74. The van der Waals surface area contributed by atoms with Crippen LogP contribution in [0.15, 0.2) is 0 Å². The van der Waals surface area contributed by atoms with Crippen LogP contribution in [0.4, 0.5) is 10.8 Å². The van der Waals surface area contributed by atoms with Crippen molar-refractivity contribution in [3.8, 4) is 5.75 Å². The zero-order chi connectivity index (χ0) is 11.5. The molecule has 1 aromatic rings. The first kappa shape index (κ1) is 11.5. The summed E-state index contributed by atoms with van der Waals surface area (Å²) in [5.74, 6) is 1.79. The van der Waals surface area contributed by atoms with Gasteiger partial charge in [-0.25, -0.2) is 0 Å². The van der Waals surface area contributed by atoms with E-state index in [1.807, 2.05) is 0 Å². The van der Waals surface area contributed by atoms with Crippen molar-refractivity contribution in [1.29, 1.82) is 0 Å². The Kier molecular flexibility index (Phi) is 3.50. The Morgan fingerprint density at radius 1 is 1.56 bits per heavy atom. The van der Waals surface area contributed by atoms with E-state index in [2.05, 4.69) is 9.27 Å². The van der Waals surface area contributed by atoms with Crippen LogP contribution < -0.4 is 15.4 Å². The van der Waals surface area contributed by atoms with Gasteiger partial charge in [0.25, 0.3) is 0 Å². The summed E-state index contributed by atoms with van der Waals surface area (Å²) in [7, 11) is 3.38. The predicted molar refractivity (Wildman–Crippen MR) is 65.3 cm³/mol. The molecule has 90 valence electrons. The van der Waals surface area contributed by atoms with Gasteiger partial charge in [0.1, 0.15) is 0 Å². The fourth-order valence-electron chi connectivity index (χ4n) is 2.07. The van der Waals surface area contributed by atoms with Crippen LogP contribution >= 0.6 is 11.5 Å². The Hall–Kier alpha value is -1.01. The summed E-state index contributed by atoms with van der Waals surface area (Å²) in [6.07, 6.45) is 1.15. The Bertz CT molecular complexity index is 356. The summed E-state index contributed by atoms with van der Waals surface area (Å²) in [4.78, 5) is 2.27. The monoisotopic (exact) mass is 243 g/mol. The summed E-state index contributed by atoms with van der Waals surface area (Å²) in [5, 5.41) is 1.04. The second-order valence-electron chi connectivity index (χ2n) is 3.96. The second-order valence-corrected chi connectivity index (χ2v) is 4.71. The lowest BCUT2D eigenvalue weighted by Crippen LogP contribution is -2.20. The smallest absolute Gasteiger partial charge is 0.197 e. The number of nitrogen functional groups attached to an aromatic ring is 1. The maximum absolute atomic E-state index is 5.74. The molecule has 1 fully saturated rings. The van der Waals surface area contributed by atoms with Gasteiger partial charge in [-0.2, -0.15) is 4.37 Å². The molecule has 2 heterocycles. The zero-order valence-corrected chi connectivity index (χ0v) is 10.4. The van der Waals surface area contributed by atoms with Crippen LogP contribution in [0.3, 0.4) is 0 Å². The maximum Gasteiger partial charge on any atom is 0.197 e. The third-order valence-corrected chi connectivity index (χ3v) is 3.74. The molecule has 2 N–H and O–H groups in total. The molecule has 1 aromatic heterocycles. The molecule has 1 saturated heterocycles. The van der Waals surface area contributed by atoms with E-state index in [0.717, 1.165) is 31.1 Å². The van der Waals surface area contributed by atoms with Crippen LogP contribution in [0.25, 0.3) is 0 Å². The lowest BCUT2D eigenvalue weighted by atomic mass is 10.1. The van der Waals surface area contributed by atoms with E-state index in [1.54, 1.807) is 14.2 Å². The molecule has 0 amide bonds. The largest absolute Gasteiger partial charge is 0.490 e. The number of aromatic nitrogens is 1. The number of hydrogen-bond donors (Lipinski definition) is 1. The Morgan fingerprint density at radius 3 is 3.06 bits per heavy atom. The van der Waals surface area contributed by atoms with Crippen molar-refractivity contribution in [1.82, 2.24) is 4.37 Å². The second kappa shape index (κ2) is 4.88. The molecule has 0 bridgehead atoms. The molecular weight excluding hydrogens is 226 g/mol. The van der Waals surface area contributed by atoms with Gasteiger partial charge in [0.05, 0.1) is 13.7 Å². The summed E-state index contributed by atoms with van der Waals surface area (Å²) < 4.78 is 14.6. The van der Waals surface area contributed by atoms with Crippen molar-refractivity contribution in [3.05, 3.63) is 0 Å². The van der Waals surface area contributed by atoms with Crippen molar-refractivity contribution in [3.63, 3.8) is 0 Å². The van der Waals surface area contributed by atoms with Gasteiger partial charge in [0.15, 0.2) is 16.6 Å². The Morgan fingerprint density at radius 2 is 2.38 bits per heavy atom. The summed E-state index contributed by atoms with van der Waals surface area (Å²) >= 11 is 1.40. The normalized spacial score (nSPS) is 20.4. The van der Waals surface area contributed by atoms with Crippen molar-refractivity contribution in [2.75, 3.05) is 44.5 Å². The average molecular weight is 243 g/mol. The molecule has 2 rings (SSSR count). The lowest BCUT2D eigenvalue weighted by Gasteiger charge is -2.17. The number of nitrogens with zero attached hydrogens (tertiary/aromatic N) is 2. The fourth-order valence-corrected chi connectivity index (χ4v) is 2.89. The molecule has 0 spiro atoms. The minimum atomic E-state index is 0.484. The third kappa shape index (κ3) is 2.08. The van der Waals surface area contributed by atoms with E-state index in [4.69, 9.17) is 15.2 Å². The van der Waals surface area contributed by atoms with E-state index >= 15 is 0 Å². The van der Waals surface area contributed by atoms with Gasteiger partial charge < -0.3 is 20.1 Å². The molecule has 1 aliphatic rings. The molecule has 0 saturated carbocycles. The minimum Gasteiger partial charge on any atom is -0.490 e. The number of methoxy groups -OCH3 is 2. The summed E-state index contributed by atoms with van der Waals surface area (Å²) in [5.41, 5.74) is 5.74. The van der Waals surface area contributed by atoms with Gasteiger partial charge >= 0.3 is 0 Å². The van der Waals surface area contributed by atoms with Crippen LogP contribution in [-0.2, 0) is 4.74 Å². The van der Waals surface area contributed by atoms with Crippen LogP contribution in [0.5, 0.6) is 5.75 Å². The van der Waals surface area contributed by atoms with Crippen molar-refractivity contribution < 1.29 is 9.47 Å². The van der Waals surface area contributed by atoms with Gasteiger partial charge in [-0.05, 0) is 18.0 Å². The number of ether oxygens (including phenoxy) is 2. The predicted octanol–water partition coefficient (Wildman–Crippen LogP) is 1.21. The van der Waals surface area contributed by atoms with Gasteiger partial charge in [-0.15, -0.1) is 0 Å². The molecule has 1 unspecified atom stereocenters. The molecule has 6 heteroatoms. The standard InChI is InChI=1S/C10H17N3O2S/c1-14-6-7-3-4-13(5-7)10-8(15-2)9(11)12-16-10/h7H,3-6H2,1-2H3,(H2,11,12). The van der Waals surface area contributed by atoms with Crippen molar-refractivity contribution in [2.45, 2.75) is 6.42 Å². The molecule has 5 nitrogen and oxygen atoms in total. The van der Waals surface area contributed by atoms with Crippen LogP contribution in [-0.4, -0.2) is 38.3 Å². The average Bonchev–Trinajstić information content (AvgIpc) is 2.85. The van der Waals surface area contributed by atoms with Crippen LogP contribution in [0.2, 0.25) is 0 Å². The van der Waals surface area contributed by atoms with E-state index < -0.39 is 0 Å². The molecule has 0 aromatic carbocycles. The van der Waals surface area contributed by atoms with E-state index in [0.29, 0.717) is 17.5 Å². The van der Waals surface area contributed by atoms with E-state index in [1.165, 1.54) is 11.5 Å². The quantitative estimate of drug-likeness (QED) is 0.861. The highest BCUT2D eigenvalue weighted by molar-refractivity contribution is 7.11. The lowest BCUT2D eigenvalue weighted by molar-refractivity contribution is 0.161. The van der Waals surface area contributed by atoms with E-state index in [9.17, 15) is 0 Å². The summed E-state index contributed by atoms with van der Waals surface area (Å²) in [6, 6.07) is 0. The Labute approximate surface area is 99.3 Å². The van der Waals surface area contributed by atoms with Crippen LogP contribution in [0.1, 0.15) is 6.42 Å². The van der Waals surface area contributed by atoms with Crippen molar-refractivity contribution in [2.24, 2.45) is 5.92 Å². The number of hydrogen-bond acceptors (Lipinski definition) is 6. The van der Waals surface area contributed by atoms with Crippen LogP contribution in [0, 0.1) is 5.92 Å². The van der Waals surface area contributed by atoms with Gasteiger partial charge in [0, 0.05) is 26.1 Å². The first-order chi connectivity index (χ1) is 7.76. The highest BCUT2D eigenvalue weighted by atomic mass is 32.1.